The summed E-state index contributed by atoms with van der Waals surface area (Å²) in [6.07, 6.45) is 3.74. The normalized spacial score (nSPS) is 14.0. The van der Waals surface area contributed by atoms with Crippen molar-refractivity contribution in [1.82, 2.24) is 0 Å². The summed E-state index contributed by atoms with van der Waals surface area (Å²) < 4.78 is 1.00. The van der Waals surface area contributed by atoms with Crippen LogP contribution in [0.1, 0.15) is 34.3 Å². The molecule has 0 aromatic heterocycles. The molecule has 1 aliphatic carbocycles. The number of ketones is 1. The van der Waals surface area contributed by atoms with Gasteiger partial charge in [0.2, 0.25) is 0 Å². The molecule has 2 nitrogen and oxygen atoms in total. The van der Waals surface area contributed by atoms with Crippen LogP contribution in [0.3, 0.4) is 0 Å². The average molecular weight is 268 g/mol. The Kier molecular flexibility index (Phi) is 3.22. The maximum atomic E-state index is 11.9. The van der Waals surface area contributed by atoms with E-state index in [0.717, 1.165) is 29.3 Å². The maximum absolute atomic E-state index is 11.9. The Balaban J connectivity index is 2.42. The summed E-state index contributed by atoms with van der Waals surface area (Å²) in [5.74, 6) is 0.178. The van der Waals surface area contributed by atoms with Gasteiger partial charge in [0.1, 0.15) is 0 Å². The minimum absolute atomic E-state index is 0.178. The molecule has 0 heterocycles. The zero-order chi connectivity index (χ0) is 10.8. The summed E-state index contributed by atoms with van der Waals surface area (Å²) in [6.45, 7) is 0.431. The first-order valence-corrected chi connectivity index (χ1v) is 6.06. The Bertz CT molecular complexity index is 401. The summed E-state index contributed by atoms with van der Waals surface area (Å²) in [7, 11) is 0. The highest BCUT2D eigenvalue weighted by atomic mass is 79.9. The monoisotopic (exact) mass is 267 g/mol. The first kappa shape index (κ1) is 10.8. The zero-order valence-corrected chi connectivity index (χ0v) is 10.1. The molecule has 1 aliphatic rings. The number of carbonyl (C=O) groups is 1. The number of Topliss-reactive ketones (excluding diaryl/α,β-unsaturated/α-hetero) is 1. The molecule has 3 heteroatoms. The Morgan fingerprint density at radius 1 is 1.40 bits per heavy atom. The molecule has 1 aromatic carbocycles. The van der Waals surface area contributed by atoms with Gasteiger partial charge in [-0.2, -0.15) is 0 Å². The van der Waals surface area contributed by atoms with Crippen molar-refractivity contribution in [2.75, 3.05) is 6.54 Å². The van der Waals surface area contributed by atoms with E-state index in [4.69, 9.17) is 5.73 Å². The Hall–Kier alpha value is -0.670. The molecular weight excluding hydrogens is 254 g/mol. The van der Waals surface area contributed by atoms with E-state index in [1.807, 2.05) is 6.07 Å². The molecule has 0 bridgehead atoms. The van der Waals surface area contributed by atoms with Gasteiger partial charge in [-0.1, -0.05) is 15.9 Å². The number of carbonyl (C=O) groups excluding carboxylic acids is 1. The molecule has 0 amide bonds. The maximum Gasteiger partial charge on any atom is 0.164 e. The quantitative estimate of drug-likeness (QED) is 0.856. The number of hydrogen-bond acceptors (Lipinski definition) is 2. The molecule has 0 fully saturated rings. The molecular formula is C12H14BrNO. The minimum Gasteiger partial charge on any atom is -0.330 e. The molecule has 2 rings (SSSR count). The number of rotatable bonds is 3. The molecule has 0 saturated carbocycles. The second-order valence-corrected chi connectivity index (χ2v) is 4.82. The van der Waals surface area contributed by atoms with Gasteiger partial charge in [0.25, 0.3) is 0 Å². The van der Waals surface area contributed by atoms with Gasteiger partial charge in [-0.15, -0.1) is 0 Å². The molecule has 0 spiro atoms. The highest BCUT2D eigenvalue weighted by Crippen LogP contribution is 2.29. The first-order chi connectivity index (χ1) is 7.22. The Morgan fingerprint density at radius 2 is 2.20 bits per heavy atom. The molecule has 0 radical (unpaired) electrons. The molecule has 0 unspecified atom stereocenters. The van der Waals surface area contributed by atoms with Crippen LogP contribution in [-0.2, 0) is 12.8 Å². The van der Waals surface area contributed by atoms with E-state index >= 15 is 0 Å². The van der Waals surface area contributed by atoms with Crippen LogP contribution < -0.4 is 5.73 Å². The van der Waals surface area contributed by atoms with Crippen LogP contribution in [-0.4, -0.2) is 12.3 Å². The summed E-state index contributed by atoms with van der Waals surface area (Å²) >= 11 is 3.45. The smallest absolute Gasteiger partial charge is 0.164 e. The number of hydrogen-bond donors (Lipinski definition) is 1. The molecule has 0 aliphatic heterocycles. The fourth-order valence-electron chi connectivity index (χ4n) is 2.18. The third kappa shape index (κ3) is 2.13. The van der Waals surface area contributed by atoms with Crippen LogP contribution in [0.25, 0.3) is 0 Å². The van der Waals surface area contributed by atoms with E-state index in [2.05, 4.69) is 22.0 Å². The van der Waals surface area contributed by atoms with Crippen LogP contribution in [0, 0.1) is 0 Å². The van der Waals surface area contributed by atoms with Crippen LogP contribution in [0.5, 0.6) is 0 Å². The van der Waals surface area contributed by atoms with E-state index in [-0.39, 0.29) is 5.78 Å². The lowest BCUT2D eigenvalue weighted by atomic mass is 9.98. The average Bonchev–Trinajstić information content (AvgIpc) is 2.64. The lowest BCUT2D eigenvalue weighted by molar-refractivity contribution is 0.0984. The number of nitrogens with two attached hydrogens (primary N) is 1. The molecule has 2 N–H and O–H groups in total. The van der Waals surface area contributed by atoms with Gasteiger partial charge in [-0.25, -0.2) is 0 Å². The molecule has 1 aromatic rings. The molecule has 15 heavy (non-hydrogen) atoms. The van der Waals surface area contributed by atoms with Gasteiger partial charge < -0.3 is 5.73 Å². The van der Waals surface area contributed by atoms with E-state index in [9.17, 15) is 4.79 Å². The van der Waals surface area contributed by atoms with Crippen molar-refractivity contribution in [2.45, 2.75) is 25.7 Å². The van der Waals surface area contributed by atoms with Gasteiger partial charge in [0.15, 0.2) is 5.78 Å². The number of fused-ring (bicyclic) bond motifs is 1. The third-order valence-corrected chi connectivity index (χ3v) is 3.31. The topological polar surface area (TPSA) is 43.1 Å². The fraction of sp³-hybridized carbons (Fsp3) is 0.417. The first-order valence-electron chi connectivity index (χ1n) is 5.27. The van der Waals surface area contributed by atoms with Crippen molar-refractivity contribution >= 4 is 21.7 Å². The highest BCUT2D eigenvalue weighted by Gasteiger charge is 2.19. The van der Waals surface area contributed by atoms with Crippen LogP contribution in [0.2, 0.25) is 0 Å². The second kappa shape index (κ2) is 4.45. The van der Waals surface area contributed by atoms with Crippen molar-refractivity contribution < 1.29 is 4.79 Å². The lowest BCUT2D eigenvalue weighted by Gasteiger charge is -2.08. The van der Waals surface area contributed by atoms with Crippen molar-refractivity contribution in [3.05, 3.63) is 33.3 Å². The number of aryl methyl sites for hydroxylation is 1. The van der Waals surface area contributed by atoms with E-state index in [0.29, 0.717) is 13.0 Å². The fourth-order valence-corrected chi connectivity index (χ4v) is 2.69. The minimum atomic E-state index is 0.178. The number of benzene rings is 1. The largest absolute Gasteiger partial charge is 0.330 e. The summed E-state index contributed by atoms with van der Waals surface area (Å²) in [5, 5.41) is 0. The summed E-state index contributed by atoms with van der Waals surface area (Å²) in [6, 6.07) is 4.06. The van der Waals surface area contributed by atoms with E-state index in [1.54, 1.807) is 0 Å². The zero-order valence-electron chi connectivity index (χ0n) is 8.55. The van der Waals surface area contributed by atoms with Crippen LogP contribution in [0.15, 0.2) is 16.6 Å². The predicted molar refractivity (Wildman–Crippen MR) is 64.2 cm³/mol. The Labute approximate surface area is 98.0 Å². The van der Waals surface area contributed by atoms with Gasteiger partial charge in [0, 0.05) is 16.5 Å². The van der Waals surface area contributed by atoms with Crippen molar-refractivity contribution in [3.8, 4) is 0 Å². The molecule has 0 saturated heterocycles. The van der Waals surface area contributed by atoms with Crippen molar-refractivity contribution in [3.63, 3.8) is 0 Å². The summed E-state index contributed by atoms with van der Waals surface area (Å²) in [5.41, 5.74) is 8.87. The summed E-state index contributed by atoms with van der Waals surface area (Å²) in [4.78, 5) is 11.9. The van der Waals surface area contributed by atoms with Crippen molar-refractivity contribution in [1.29, 1.82) is 0 Å². The standard InChI is InChI=1S/C12H14BrNO/c13-9-6-8-2-1-3-10(8)11(7-9)12(15)4-5-14/h6-7H,1-5,14H2. The second-order valence-electron chi connectivity index (χ2n) is 3.91. The predicted octanol–water partition coefficient (Wildman–Crippen LogP) is 2.47. The van der Waals surface area contributed by atoms with E-state index < -0.39 is 0 Å². The van der Waals surface area contributed by atoms with Gasteiger partial charge in [0.05, 0.1) is 0 Å². The Morgan fingerprint density at radius 3 is 2.93 bits per heavy atom. The van der Waals surface area contributed by atoms with Gasteiger partial charge in [-0.3, -0.25) is 4.79 Å². The lowest BCUT2D eigenvalue weighted by Crippen LogP contribution is -2.10. The van der Waals surface area contributed by atoms with Gasteiger partial charge >= 0.3 is 0 Å². The van der Waals surface area contributed by atoms with E-state index in [1.165, 1.54) is 11.1 Å². The number of halogens is 1. The molecule has 0 atom stereocenters. The van der Waals surface area contributed by atoms with Crippen molar-refractivity contribution in [2.24, 2.45) is 5.73 Å². The third-order valence-electron chi connectivity index (χ3n) is 2.85. The van der Waals surface area contributed by atoms with Crippen LogP contribution in [0.4, 0.5) is 0 Å². The SMILES string of the molecule is NCCC(=O)c1cc(Br)cc2c1CCC2. The van der Waals surface area contributed by atoms with Gasteiger partial charge in [-0.05, 0) is 49.1 Å². The van der Waals surface area contributed by atoms with Crippen LogP contribution >= 0.6 is 15.9 Å². The highest BCUT2D eigenvalue weighted by molar-refractivity contribution is 9.10. The molecule has 80 valence electrons.